The molecule has 1 atom stereocenters. The Balaban J connectivity index is 1.43. The standard InChI is InChI=1S/C24H23NO6S2/c1-29-20-11-16(6-9-19(20)31-14-15-4-7-17(8-5-15)23(27)28)12-21-22(26)25(24(32)33-21)13-18-3-2-10-30-18/h4-9,11-12,18H,2-3,10,13-14H2,1H3,(H,27,28)/b21-12-/t18-/m1/s1. The third kappa shape index (κ3) is 5.55. The van der Waals surface area contributed by atoms with E-state index in [2.05, 4.69) is 0 Å². The topological polar surface area (TPSA) is 85.3 Å². The normalized spacial score (nSPS) is 19.4. The van der Waals surface area contributed by atoms with E-state index in [1.165, 1.54) is 23.9 Å². The van der Waals surface area contributed by atoms with Gasteiger partial charge in [0.25, 0.3) is 5.91 Å². The first-order valence-electron chi connectivity index (χ1n) is 10.4. The number of aromatic carboxylic acids is 1. The van der Waals surface area contributed by atoms with Crippen molar-refractivity contribution in [2.24, 2.45) is 0 Å². The molecule has 2 aromatic rings. The predicted octanol–water partition coefficient (Wildman–Crippen LogP) is 4.35. The first-order valence-corrected chi connectivity index (χ1v) is 11.7. The van der Waals surface area contributed by atoms with E-state index in [-0.39, 0.29) is 24.2 Å². The Morgan fingerprint density at radius 2 is 2.06 bits per heavy atom. The lowest BCUT2D eigenvalue weighted by molar-refractivity contribution is -0.123. The Bertz CT molecular complexity index is 1090. The van der Waals surface area contributed by atoms with E-state index in [0.717, 1.165) is 30.6 Å². The lowest BCUT2D eigenvalue weighted by Crippen LogP contribution is -2.35. The second kappa shape index (κ2) is 10.4. The molecule has 9 heteroatoms. The van der Waals surface area contributed by atoms with E-state index in [4.69, 9.17) is 31.5 Å². The van der Waals surface area contributed by atoms with Crippen LogP contribution in [0.25, 0.3) is 6.08 Å². The lowest BCUT2D eigenvalue weighted by Gasteiger charge is -2.18. The van der Waals surface area contributed by atoms with Crippen molar-refractivity contribution in [1.82, 2.24) is 4.90 Å². The number of ether oxygens (including phenoxy) is 3. The highest BCUT2D eigenvalue weighted by molar-refractivity contribution is 8.26. The first kappa shape index (κ1) is 23.3. The summed E-state index contributed by atoms with van der Waals surface area (Å²) in [6.45, 7) is 1.49. The van der Waals surface area contributed by atoms with Crippen molar-refractivity contribution in [2.75, 3.05) is 20.3 Å². The minimum atomic E-state index is -0.969. The molecule has 1 N–H and O–H groups in total. The summed E-state index contributed by atoms with van der Waals surface area (Å²) in [4.78, 5) is 26.0. The SMILES string of the molecule is COc1cc(/C=C2\SC(=S)N(C[C@H]3CCCO3)C2=O)ccc1OCc1ccc(C(=O)O)cc1. The van der Waals surface area contributed by atoms with Gasteiger partial charge in [-0.1, -0.05) is 42.2 Å². The van der Waals surface area contributed by atoms with Crippen molar-refractivity contribution in [1.29, 1.82) is 0 Å². The van der Waals surface area contributed by atoms with E-state index < -0.39 is 5.97 Å². The third-order valence-corrected chi connectivity index (χ3v) is 6.74. The van der Waals surface area contributed by atoms with Crippen LogP contribution in [0.5, 0.6) is 11.5 Å². The number of rotatable bonds is 8. The summed E-state index contributed by atoms with van der Waals surface area (Å²) in [5.74, 6) is -0.00302. The number of hydrogen-bond donors (Lipinski definition) is 1. The molecule has 2 fully saturated rings. The lowest BCUT2D eigenvalue weighted by atomic mass is 10.1. The average Bonchev–Trinajstić information content (AvgIpc) is 3.42. The summed E-state index contributed by atoms with van der Waals surface area (Å²) in [7, 11) is 1.55. The van der Waals surface area contributed by atoms with Crippen LogP contribution in [0, 0.1) is 0 Å². The highest BCUT2D eigenvalue weighted by atomic mass is 32.2. The molecule has 7 nitrogen and oxygen atoms in total. The number of benzene rings is 2. The van der Waals surface area contributed by atoms with Crippen LogP contribution in [0.3, 0.4) is 0 Å². The monoisotopic (exact) mass is 485 g/mol. The molecule has 2 heterocycles. The number of carbonyl (C=O) groups is 2. The Labute approximate surface area is 201 Å². The number of amides is 1. The van der Waals surface area contributed by atoms with Gasteiger partial charge in [-0.3, -0.25) is 9.69 Å². The predicted molar refractivity (Wildman–Crippen MR) is 130 cm³/mol. The van der Waals surface area contributed by atoms with Crippen molar-refractivity contribution in [3.8, 4) is 11.5 Å². The summed E-state index contributed by atoms with van der Waals surface area (Å²) in [5, 5.41) is 9.00. The third-order valence-electron chi connectivity index (χ3n) is 5.36. The van der Waals surface area contributed by atoms with Gasteiger partial charge in [-0.15, -0.1) is 0 Å². The summed E-state index contributed by atoms with van der Waals surface area (Å²) in [6, 6.07) is 11.9. The van der Waals surface area contributed by atoms with Crippen LogP contribution in [0.15, 0.2) is 47.4 Å². The second-order valence-electron chi connectivity index (χ2n) is 7.63. The molecular formula is C24H23NO6S2. The van der Waals surface area contributed by atoms with E-state index in [0.29, 0.717) is 27.3 Å². The second-order valence-corrected chi connectivity index (χ2v) is 9.30. The molecule has 0 spiro atoms. The van der Waals surface area contributed by atoms with Crippen molar-refractivity contribution < 1.29 is 28.9 Å². The maximum absolute atomic E-state index is 12.9. The molecule has 2 aliphatic rings. The average molecular weight is 486 g/mol. The van der Waals surface area contributed by atoms with Crippen LogP contribution in [0.2, 0.25) is 0 Å². The molecule has 172 valence electrons. The number of thiocarbonyl (C=S) groups is 1. The van der Waals surface area contributed by atoms with Gasteiger partial charge in [0, 0.05) is 6.61 Å². The maximum atomic E-state index is 12.9. The van der Waals surface area contributed by atoms with Gasteiger partial charge in [0.2, 0.25) is 0 Å². The number of thioether (sulfide) groups is 1. The van der Waals surface area contributed by atoms with Crippen molar-refractivity contribution in [2.45, 2.75) is 25.6 Å². The fourth-order valence-corrected chi connectivity index (χ4v) is 4.87. The van der Waals surface area contributed by atoms with Gasteiger partial charge in [0.15, 0.2) is 11.5 Å². The van der Waals surface area contributed by atoms with E-state index in [9.17, 15) is 9.59 Å². The van der Waals surface area contributed by atoms with Crippen LogP contribution in [-0.2, 0) is 16.1 Å². The Kier molecular flexibility index (Phi) is 7.32. The van der Waals surface area contributed by atoms with Crippen molar-refractivity contribution in [3.05, 3.63) is 64.1 Å². The van der Waals surface area contributed by atoms with Crippen LogP contribution in [-0.4, -0.2) is 52.6 Å². The van der Waals surface area contributed by atoms with Gasteiger partial charge >= 0.3 is 5.97 Å². The van der Waals surface area contributed by atoms with E-state index in [1.54, 1.807) is 42.4 Å². The molecule has 33 heavy (non-hydrogen) atoms. The quantitative estimate of drug-likeness (QED) is 0.436. The molecule has 2 aromatic carbocycles. The molecule has 0 bridgehead atoms. The van der Waals surface area contributed by atoms with Crippen LogP contribution in [0.1, 0.15) is 34.3 Å². The molecular weight excluding hydrogens is 462 g/mol. The molecule has 0 radical (unpaired) electrons. The van der Waals surface area contributed by atoms with Gasteiger partial charge in [-0.05, 0) is 54.3 Å². The molecule has 0 unspecified atom stereocenters. The number of carboxylic acid groups (broad SMARTS) is 1. The number of methoxy groups -OCH3 is 1. The fraction of sp³-hybridized carbons (Fsp3) is 0.292. The Morgan fingerprint density at radius 3 is 2.73 bits per heavy atom. The largest absolute Gasteiger partial charge is 0.493 e. The minimum absolute atomic E-state index is 0.0451. The fourth-order valence-electron chi connectivity index (χ4n) is 3.60. The molecule has 0 saturated carbocycles. The first-order chi connectivity index (χ1) is 15.9. The number of nitrogens with zero attached hydrogens (tertiary/aromatic N) is 1. The summed E-state index contributed by atoms with van der Waals surface area (Å²) in [6.07, 6.45) is 3.80. The number of carboxylic acids is 1. The highest BCUT2D eigenvalue weighted by Crippen LogP contribution is 2.35. The molecule has 2 aliphatic heterocycles. The Hall–Kier alpha value is -2.88. The smallest absolute Gasteiger partial charge is 0.335 e. The molecule has 0 aromatic heterocycles. The minimum Gasteiger partial charge on any atom is -0.493 e. The summed E-state index contributed by atoms with van der Waals surface area (Å²) >= 11 is 6.70. The maximum Gasteiger partial charge on any atom is 0.335 e. The van der Waals surface area contributed by atoms with Crippen molar-refractivity contribution >= 4 is 46.3 Å². The molecule has 0 aliphatic carbocycles. The van der Waals surface area contributed by atoms with Crippen LogP contribution in [0.4, 0.5) is 0 Å². The number of hydrogen-bond acceptors (Lipinski definition) is 7. The van der Waals surface area contributed by atoms with Crippen LogP contribution >= 0.6 is 24.0 Å². The zero-order chi connectivity index (χ0) is 23.4. The summed E-state index contributed by atoms with van der Waals surface area (Å²) in [5.41, 5.74) is 1.85. The van der Waals surface area contributed by atoms with Crippen molar-refractivity contribution in [3.63, 3.8) is 0 Å². The van der Waals surface area contributed by atoms with Gasteiger partial charge in [-0.25, -0.2) is 4.79 Å². The molecule has 4 rings (SSSR count). The van der Waals surface area contributed by atoms with Gasteiger partial charge < -0.3 is 19.3 Å². The Morgan fingerprint density at radius 1 is 1.27 bits per heavy atom. The summed E-state index contributed by atoms with van der Waals surface area (Å²) < 4.78 is 17.5. The van der Waals surface area contributed by atoms with E-state index >= 15 is 0 Å². The molecule has 1 amide bonds. The number of carbonyl (C=O) groups excluding carboxylic acids is 1. The molecule has 2 saturated heterocycles. The highest BCUT2D eigenvalue weighted by Gasteiger charge is 2.34. The van der Waals surface area contributed by atoms with Gasteiger partial charge in [-0.2, -0.15) is 0 Å². The zero-order valence-electron chi connectivity index (χ0n) is 18.0. The van der Waals surface area contributed by atoms with E-state index in [1.807, 2.05) is 6.07 Å². The van der Waals surface area contributed by atoms with Gasteiger partial charge in [0.05, 0.1) is 30.2 Å². The van der Waals surface area contributed by atoms with Crippen LogP contribution < -0.4 is 9.47 Å². The zero-order valence-corrected chi connectivity index (χ0v) is 19.6. The van der Waals surface area contributed by atoms with Gasteiger partial charge in [0.1, 0.15) is 10.9 Å².